The molecule has 7 heteroatoms. The van der Waals surface area contributed by atoms with E-state index in [0.717, 1.165) is 62.2 Å². The predicted octanol–water partition coefficient (Wildman–Crippen LogP) is 6.37. The third-order valence-corrected chi connectivity index (χ3v) is 9.17. The Kier molecular flexibility index (Phi) is 14.0. The molecule has 0 saturated carbocycles. The first-order valence-electron chi connectivity index (χ1n) is 13.2. The molecule has 0 aliphatic carbocycles. The predicted molar refractivity (Wildman–Crippen MR) is 154 cm³/mol. The van der Waals surface area contributed by atoms with E-state index < -0.39 is 0 Å². The summed E-state index contributed by atoms with van der Waals surface area (Å²) in [5.74, 6) is 3.09. The molecule has 3 amide bonds. The molecule has 0 aromatic rings. The normalized spacial score (nSPS) is 22.9. The molecular formula is C28H47N3O2S2. The molecule has 0 aromatic heterocycles. The Morgan fingerprint density at radius 2 is 1.77 bits per heavy atom. The number of thioether (sulfide) groups is 2. The van der Waals surface area contributed by atoms with Crippen LogP contribution in [0.25, 0.3) is 0 Å². The van der Waals surface area contributed by atoms with E-state index >= 15 is 0 Å². The third kappa shape index (κ3) is 12.4. The summed E-state index contributed by atoms with van der Waals surface area (Å²) >= 11 is 3.82. The fraction of sp³-hybridized carbons (Fsp3) is 0.714. The second-order valence-corrected chi connectivity index (χ2v) is 12.7. The lowest BCUT2D eigenvalue weighted by molar-refractivity contribution is -0.121. The van der Waals surface area contributed by atoms with E-state index in [1.165, 1.54) is 16.7 Å². The molecule has 4 atom stereocenters. The highest BCUT2D eigenvalue weighted by molar-refractivity contribution is 8.00. The molecule has 2 aliphatic rings. The second-order valence-electron chi connectivity index (χ2n) is 10.3. The van der Waals surface area contributed by atoms with Crippen molar-refractivity contribution in [3.8, 4) is 0 Å². The molecule has 35 heavy (non-hydrogen) atoms. The molecule has 2 fully saturated rings. The fourth-order valence-corrected chi connectivity index (χ4v) is 6.97. The number of hydrogen-bond acceptors (Lipinski definition) is 4. The van der Waals surface area contributed by atoms with Crippen LogP contribution >= 0.6 is 23.5 Å². The minimum atomic E-state index is -0.0318. The van der Waals surface area contributed by atoms with Crippen molar-refractivity contribution in [2.75, 3.05) is 17.3 Å². The molecule has 2 rings (SSSR count). The molecule has 2 saturated heterocycles. The van der Waals surface area contributed by atoms with E-state index in [1.807, 2.05) is 23.5 Å². The van der Waals surface area contributed by atoms with Gasteiger partial charge < -0.3 is 16.0 Å². The Morgan fingerprint density at radius 3 is 2.51 bits per heavy atom. The van der Waals surface area contributed by atoms with Crippen molar-refractivity contribution in [3.05, 3.63) is 34.9 Å². The van der Waals surface area contributed by atoms with Gasteiger partial charge in [-0.05, 0) is 73.1 Å². The summed E-state index contributed by atoms with van der Waals surface area (Å²) < 4.78 is 0. The quantitative estimate of drug-likeness (QED) is 0.125. The van der Waals surface area contributed by atoms with Crippen molar-refractivity contribution in [2.24, 2.45) is 0 Å². The number of fused-ring (bicyclic) bond motifs is 1. The largest absolute Gasteiger partial charge is 0.353 e. The summed E-state index contributed by atoms with van der Waals surface area (Å²) in [5.41, 5.74) is 4.33. The van der Waals surface area contributed by atoms with E-state index in [4.69, 9.17) is 0 Å². The number of hydrogen-bond donors (Lipinski definition) is 3. The summed E-state index contributed by atoms with van der Waals surface area (Å²) in [5, 5.41) is 9.63. The Morgan fingerprint density at radius 1 is 1.06 bits per heavy atom. The average Bonchev–Trinajstić information content (AvgIpc) is 3.33. The van der Waals surface area contributed by atoms with Crippen LogP contribution in [0.1, 0.15) is 86.0 Å². The summed E-state index contributed by atoms with van der Waals surface area (Å²) in [4.78, 5) is 23.7. The van der Waals surface area contributed by atoms with Gasteiger partial charge in [-0.2, -0.15) is 23.5 Å². The number of unbranched alkanes of at least 4 members (excludes halogenated alkanes) is 1. The number of carbonyl (C=O) groups excluding carboxylic acids is 2. The van der Waals surface area contributed by atoms with Crippen LogP contribution < -0.4 is 16.0 Å². The van der Waals surface area contributed by atoms with E-state index in [9.17, 15) is 9.59 Å². The van der Waals surface area contributed by atoms with Gasteiger partial charge in [-0.15, -0.1) is 0 Å². The minimum absolute atomic E-state index is 0.0318. The number of allylic oxidation sites excluding steroid dienone is 5. The highest BCUT2D eigenvalue weighted by Gasteiger charge is 2.42. The number of nitrogens with one attached hydrogen (secondary N) is 3. The van der Waals surface area contributed by atoms with Crippen LogP contribution in [-0.4, -0.2) is 52.6 Å². The van der Waals surface area contributed by atoms with Crippen LogP contribution in [-0.2, 0) is 4.79 Å². The maximum absolute atomic E-state index is 12.3. The molecule has 0 bridgehead atoms. The second kappa shape index (κ2) is 16.4. The SMILES string of the molecule is CC(C)=CCC/C(C)=C/CC/C(C)=C/CSCC(C)NC(=O)CCCCC1SCC2NC(=O)NC21. The van der Waals surface area contributed by atoms with Crippen LogP contribution in [0.3, 0.4) is 0 Å². The van der Waals surface area contributed by atoms with Crippen molar-refractivity contribution >= 4 is 35.5 Å². The smallest absolute Gasteiger partial charge is 0.315 e. The minimum Gasteiger partial charge on any atom is -0.353 e. The molecule has 0 radical (unpaired) electrons. The molecular weight excluding hydrogens is 474 g/mol. The van der Waals surface area contributed by atoms with Gasteiger partial charge in [0.05, 0.1) is 12.1 Å². The highest BCUT2D eigenvalue weighted by Crippen LogP contribution is 2.33. The lowest BCUT2D eigenvalue weighted by atomic mass is 10.0. The van der Waals surface area contributed by atoms with Crippen molar-refractivity contribution in [3.63, 3.8) is 0 Å². The molecule has 3 N–H and O–H groups in total. The van der Waals surface area contributed by atoms with Gasteiger partial charge in [0.15, 0.2) is 0 Å². The van der Waals surface area contributed by atoms with Crippen LogP contribution in [0.15, 0.2) is 34.9 Å². The fourth-order valence-electron chi connectivity index (χ4n) is 4.45. The standard InChI is InChI=1S/C28H47N3O2S2/c1-20(2)10-8-11-21(3)12-9-13-22(4)16-17-34-18-23(5)29-26(32)15-7-6-14-25-27-24(19-35-25)30-28(33)31-27/h10,12,16,23-25,27H,6-9,11,13-15,17-19H2,1-5H3,(H,29,32)(H2,30,31,33)/b21-12+,22-16+. The molecule has 0 spiro atoms. The Labute approximate surface area is 222 Å². The van der Waals surface area contributed by atoms with E-state index in [1.54, 1.807) is 0 Å². The van der Waals surface area contributed by atoms with Crippen molar-refractivity contribution in [1.82, 2.24) is 16.0 Å². The Balaban J connectivity index is 1.48. The molecule has 4 unspecified atom stereocenters. The van der Waals surface area contributed by atoms with Gasteiger partial charge in [0.1, 0.15) is 0 Å². The number of amides is 3. The van der Waals surface area contributed by atoms with Crippen LogP contribution in [0.4, 0.5) is 4.79 Å². The van der Waals surface area contributed by atoms with Gasteiger partial charge in [-0.3, -0.25) is 4.79 Å². The van der Waals surface area contributed by atoms with Gasteiger partial charge in [-0.25, -0.2) is 4.79 Å². The van der Waals surface area contributed by atoms with Crippen molar-refractivity contribution in [1.29, 1.82) is 0 Å². The molecule has 0 aromatic carbocycles. The van der Waals surface area contributed by atoms with Crippen molar-refractivity contribution < 1.29 is 9.59 Å². The van der Waals surface area contributed by atoms with Crippen LogP contribution in [0.2, 0.25) is 0 Å². The topological polar surface area (TPSA) is 70.2 Å². The highest BCUT2D eigenvalue weighted by atomic mass is 32.2. The van der Waals surface area contributed by atoms with Crippen molar-refractivity contribution in [2.45, 2.75) is 109 Å². The first-order valence-corrected chi connectivity index (χ1v) is 15.4. The molecule has 5 nitrogen and oxygen atoms in total. The number of carbonyl (C=O) groups is 2. The summed E-state index contributed by atoms with van der Waals surface area (Å²) in [6.07, 6.45) is 15.2. The van der Waals surface area contributed by atoms with E-state index in [0.29, 0.717) is 11.7 Å². The monoisotopic (exact) mass is 521 g/mol. The van der Waals surface area contributed by atoms with Gasteiger partial charge in [-0.1, -0.05) is 41.4 Å². The Bertz CT molecular complexity index is 774. The maximum atomic E-state index is 12.3. The Hall–Kier alpha value is -1.34. The van der Waals surface area contributed by atoms with E-state index in [2.05, 4.69) is 68.8 Å². The average molecular weight is 522 g/mol. The maximum Gasteiger partial charge on any atom is 0.315 e. The van der Waals surface area contributed by atoms with Crippen LogP contribution in [0, 0.1) is 0 Å². The summed E-state index contributed by atoms with van der Waals surface area (Å²) in [6.45, 7) is 10.9. The van der Waals surface area contributed by atoms with Crippen LogP contribution in [0.5, 0.6) is 0 Å². The first-order chi connectivity index (χ1) is 16.7. The zero-order chi connectivity index (χ0) is 25.6. The lowest BCUT2D eigenvalue weighted by Gasteiger charge is -2.17. The zero-order valence-corrected chi connectivity index (χ0v) is 24.1. The molecule has 2 heterocycles. The van der Waals surface area contributed by atoms with E-state index in [-0.39, 0.29) is 30.1 Å². The number of rotatable bonds is 16. The van der Waals surface area contributed by atoms with Gasteiger partial charge in [0.25, 0.3) is 0 Å². The summed E-state index contributed by atoms with van der Waals surface area (Å²) in [7, 11) is 0. The lowest BCUT2D eigenvalue weighted by Crippen LogP contribution is -2.36. The summed E-state index contributed by atoms with van der Waals surface area (Å²) in [6, 6.07) is 0.699. The number of urea groups is 1. The third-order valence-electron chi connectivity index (χ3n) is 6.53. The van der Waals surface area contributed by atoms with Gasteiger partial charge in [0.2, 0.25) is 5.91 Å². The van der Waals surface area contributed by atoms with Gasteiger partial charge in [0, 0.05) is 35.0 Å². The van der Waals surface area contributed by atoms with Gasteiger partial charge >= 0.3 is 6.03 Å². The first kappa shape index (κ1) is 29.9. The zero-order valence-electron chi connectivity index (χ0n) is 22.5. The molecule has 198 valence electrons. The molecule has 2 aliphatic heterocycles.